The summed E-state index contributed by atoms with van der Waals surface area (Å²) in [6.07, 6.45) is 5.38. The zero-order chi connectivity index (χ0) is 34.6. The minimum absolute atomic E-state index is 0.0162. The van der Waals surface area contributed by atoms with Gasteiger partial charge in [-0.3, -0.25) is 9.48 Å². The molecule has 10 nitrogen and oxygen atoms in total. The fourth-order valence-corrected chi connectivity index (χ4v) is 7.31. The lowest BCUT2D eigenvalue weighted by atomic mass is 9.39. The highest BCUT2D eigenvalue weighted by atomic mass is 19.2. The minimum Gasteiger partial charge on any atom is -0.444 e. The maximum Gasteiger partial charge on any atom is 0.408 e. The fourth-order valence-electron chi connectivity index (χ4n) is 7.31. The van der Waals surface area contributed by atoms with Crippen molar-refractivity contribution < 1.29 is 23.1 Å². The number of nitrogens with two attached hydrogens (primary N) is 1. The molecule has 2 heterocycles. The molecule has 7 rings (SSSR count). The number of hydrogen-bond acceptors (Lipinski definition) is 7. The lowest BCUT2D eigenvalue weighted by molar-refractivity contribution is -0.141. The van der Waals surface area contributed by atoms with E-state index in [1.54, 1.807) is 10.9 Å². The average molecular weight is 658 g/mol. The largest absolute Gasteiger partial charge is 0.444 e. The molecular weight excluding hydrogens is 616 g/mol. The van der Waals surface area contributed by atoms with Crippen molar-refractivity contribution in [2.24, 2.45) is 17.1 Å². The Morgan fingerprint density at radius 3 is 2.48 bits per heavy atom. The molecule has 3 saturated carbocycles. The third-order valence-electron chi connectivity index (χ3n) is 9.09. The Kier molecular flexibility index (Phi) is 8.25. The Balaban J connectivity index is 1.30. The summed E-state index contributed by atoms with van der Waals surface area (Å²) in [5.41, 5.74) is 8.93. The number of amides is 2. The van der Waals surface area contributed by atoms with Gasteiger partial charge in [-0.25, -0.2) is 18.6 Å². The third-order valence-corrected chi connectivity index (χ3v) is 9.09. The summed E-state index contributed by atoms with van der Waals surface area (Å²) in [4.78, 5) is 30.3. The van der Waals surface area contributed by atoms with Gasteiger partial charge in [-0.2, -0.15) is 5.10 Å². The summed E-state index contributed by atoms with van der Waals surface area (Å²) < 4.78 is 34.5. The molecule has 0 unspecified atom stereocenters. The molecule has 2 aromatic heterocycles. The fraction of sp³-hybridized carbons (Fsp3) is 0.417. The van der Waals surface area contributed by atoms with Gasteiger partial charge in [0, 0.05) is 34.8 Å². The number of pyridine rings is 1. The number of alkyl carbamates (subject to hydrolysis) is 1. The number of fused-ring (bicyclic) bond motifs is 1. The molecular formula is C36H41F2N7O3. The number of anilines is 1. The molecule has 252 valence electrons. The second-order valence-electron chi connectivity index (χ2n) is 14.8. The van der Waals surface area contributed by atoms with Gasteiger partial charge < -0.3 is 26.5 Å². The van der Waals surface area contributed by atoms with Crippen LogP contribution in [0.4, 0.5) is 19.4 Å². The lowest BCUT2D eigenvalue weighted by Gasteiger charge is -2.70. The van der Waals surface area contributed by atoms with Crippen LogP contribution in [0.3, 0.4) is 0 Å². The van der Waals surface area contributed by atoms with Gasteiger partial charge >= 0.3 is 6.09 Å². The van der Waals surface area contributed by atoms with Gasteiger partial charge in [0.15, 0.2) is 11.6 Å². The van der Waals surface area contributed by atoms with Crippen LogP contribution in [0.2, 0.25) is 0 Å². The molecule has 3 fully saturated rings. The molecule has 48 heavy (non-hydrogen) atoms. The number of ether oxygens (including phenoxy) is 1. The Labute approximate surface area is 278 Å². The van der Waals surface area contributed by atoms with E-state index in [1.165, 1.54) is 12.3 Å². The maximum atomic E-state index is 13.8. The molecule has 3 aliphatic rings. The topological polar surface area (TPSA) is 148 Å². The summed E-state index contributed by atoms with van der Waals surface area (Å²) in [5, 5.41) is 20.2. The number of aromatic nitrogens is 3. The van der Waals surface area contributed by atoms with Gasteiger partial charge in [-0.15, -0.1) is 0 Å². The Morgan fingerprint density at radius 2 is 1.85 bits per heavy atom. The highest BCUT2D eigenvalue weighted by Crippen LogP contribution is 2.67. The van der Waals surface area contributed by atoms with Crippen molar-refractivity contribution in [2.75, 3.05) is 11.9 Å². The van der Waals surface area contributed by atoms with E-state index in [9.17, 15) is 18.4 Å². The molecule has 12 heteroatoms. The van der Waals surface area contributed by atoms with E-state index in [4.69, 9.17) is 20.9 Å². The van der Waals surface area contributed by atoms with Gasteiger partial charge in [-0.05, 0) is 93.2 Å². The Hall–Kier alpha value is -4.87. The van der Waals surface area contributed by atoms with Gasteiger partial charge in [0.2, 0.25) is 0 Å². The number of nitrogens with zero attached hydrogens (tertiary/aromatic N) is 3. The number of halogens is 2. The highest BCUT2D eigenvalue weighted by molar-refractivity contribution is 6.08. The summed E-state index contributed by atoms with van der Waals surface area (Å²) >= 11 is 0. The van der Waals surface area contributed by atoms with Gasteiger partial charge in [0.25, 0.3) is 5.91 Å². The van der Waals surface area contributed by atoms with E-state index >= 15 is 0 Å². The molecule has 4 aromatic rings. The molecule has 0 radical (unpaired) electrons. The Morgan fingerprint density at radius 1 is 1.12 bits per heavy atom. The van der Waals surface area contributed by atoms with Gasteiger partial charge in [-0.1, -0.05) is 26.0 Å². The van der Waals surface area contributed by atoms with E-state index in [-0.39, 0.29) is 29.0 Å². The normalized spacial score (nSPS) is 19.8. The van der Waals surface area contributed by atoms with Crippen LogP contribution in [0.25, 0.3) is 22.0 Å². The van der Waals surface area contributed by atoms with Gasteiger partial charge in [0.1, 0.15) is 11.4 Å². The van der Waals surface area contributed by atoms with Crippen LogP contribution in [0.15, 0.2) is 42.6 Å². The Bertz CT molecular complexity index is 1930. The molecule has 0 spiro atoms. The molecule has 3 aliphatic carbocycles. The van der Waals surface area contributed by atoms with Crippen LogP contribution >= 0.6 is 0 Å². The van der Waals surface area contributed by atoms with E-state index in [0.717, 1.165) is 42.3 Å². The molecule has 0 saturated heterocycles. The first-order chi connectivity index (χ1) is 22.6. The average Bonchev–Trinajstić information content (AvgIpc) is 3.35. The summed E-state index contributed by atoms with van der Waals surface area (Å²) in [7, 11) is 0. The van der Waals surface area contributed by atoms with Crippen molar-refractivity contribution in [2.45, 2.75) is 78.0 Å². The van der Waals surface area contributed by atoms with Crippen LogP contribution < -0.4 is 16.4 Å². The minimum atomic E-state index is -0.922. The SMILES string of the molecule is CC(C)Cc1nc(NCC23CC(NC(=O)OC(C)(C)C)(C2)C3)c(C=N)c(-c2ccc3c(cnn3Cc3ccc(F)c(F)c3)c2)c1C(N)=O. The second-order valence-corrected chi connectivity index (χ2v) is 14.8. The van der Waals surface area contributed by atoms with Crippen molar-refractivity contribution in [3.63, 3.8) is 0 Å². The maximum absolute atomic E-state index is 13.8. The number of carbonyl (C=O) groups is 2. The van der Waals surface area contributed by atoms with Crippen molar-refractivity contribution >= 4 is 34.9 Å². The third kappa shape index (κ3) is 6.35. The molecule has 0 aliphatic heterocycles. The molecule has 2 aromatic carbocycles. The van der Waals surface area contributed by atoms with Crippen LogP contribution in [0, 0.1) is 28.4 Å². The van der Waals surface area contributed by atoms with Crippen molar-refractivity contribution in [3.05, 3.63) is 76.6 Å². The number of rotatable bonds is 11. The van der Waals surface area contributed by atoms with Crippen molar-refractivity contribution in [1.29, 1.82) is 5.41 Å². The van der Waals surface area contributed by atoms with Crippen LogP contribution in [-0.4, -0.2) is 50.7 Å². The smallest absolute Gasteiger partial charge is 0.408 e. The van der Waals surface area contributed by atoms with E-state index < -0.39 is 29.2 Å². The predicted molar refractivity (Wildman–Crippen MR) is 180 cm³/mol. The standard InChI is InChI=1S/C36H41F2N7O3/c1-20(2)10-27-30(31(40)46)29(22-7-9-28-23(12-22)14-42-45(28)15-21-6-8-25(37)26(38)11-21)24(13-39)32(43-27)41-19-35-16-36(17-35,18-35)44-33(47)48-34(3,4)5/h6-9,11-14,20,39H,10,15-19H2,1-5H3,(H2,40,46)(H,41,43)(H,44,47). The van der Waals surface area contributed by atoms with Gasteiger partial charge in [0.05, 0.1) is 29.5 Å². The summed E-state index contributed by atoms with van der Waals surface area (Å²) in [6.45, 7) is 10.4. The number of nitrogens with one attached hydrogen (secondary N) is 3. The first kappa shape index (κ1) is 33.0. The molecule has 0 atom stereocenters. The van der Waals surface area contributed by atoms with E-state index in [1.807, 2.05) is 52.8 Å². The highest BCUT2D eigenvalue weighted by Gasteiger charge is 2.68. The quantitative estimate of drug-likeness (QED) is 0.134. The first-order valence-electron chi connectivity index (χ1n) is 16.1. The summed E-state index contributed by atoms with van der Waals surface area (Å²) in [5.74, 6) is -1.79. The van der Waals surface area contributed by atoms with Crippen LogP contribution in [0.1, 0.15) is 81.1 Å². The number of primary amides is 1. The van der Waals surface area contributed by atoms with Crippen molar-refractivity contribution in [3.8, 4) is 11.1 Å². The van der Waals surface area contributed by atoms with E-state index in [2.05, 4.69) is 15.7 Å². The summed E-state index contributed by atoms with van der Waals surface area (Å²) in [6, 6.07) is 9.34. The first-order valence-corrected chi connectivity index (χ1v) is 16.1. The number of benzene rings is 2. The van der Waals surface area contributed by atoms with Crippen LogP contribution in [0.5, 0.6) is 0 Å². The van der Waals surface area contributed by atoms with E-state index in [0.29, 0.717) is 46.7 Å². The number of carbonyl (C=O) groups excluding carboxylic acids is 2. The van der Waals surface area contributed by atoms with Crippen molar-refractivity contribution in [1.82, 2.24) is 20.1 Å². The number of hydrogen-bond donors (Lipinski definition) is 4. The molecule has 2 bridgehead atoms. The molecule has 2 amide bonds. The van der Waals surface area contributed by atoms with Crippen LogP contribution in [-0.2, 0) is 17.7 Å². The lowest BCUT2D eigenvalue weighted by Crippen LogP contribution is -2.76. The zero-order valence-electron chi connectivity index (χ0n) is 27.8. The zero-order valence-corrected chi connectivity index (χ0v) is 27.8. The predicted octanol–water partition coefficient (Wildman–Crippen LogP) is 6.58. The monoisotopic (exact) mass is 657 g/mol. The second kappa shape index (κ2) is 12.0. The molecule has 5 N–H and O–H groups in total.